The fourth-order valence-electron chi connectivity index (χ4n) is 2.59. The third-order valence-electron chi connectivity index (χ3n) is 4.00. The van der Waals surface area contributed by atoms with Crippen LogP contribution in [-0.2, 0) is 21.2 Å². The van der Waals surface area contributed by atoms with Gasteiger partial charge in [0.15, 0.2) is 0 Å². The molecule has 1 aliphatic heterocycles. The number of rotatable bonds is 6. The Bertz CT molecular complexity index is 622. The summed E-state index contributed by atoms with van der Waals surface area (Å²) in [5, 5.41) is 3.17. The van der Waals surface area contributed by atoms with Gasteiger partial charge in [-0.15, -0.1) is 0 Å². The molecule has 1 fully saturated rings. The summed E-state index contributed by atoms with van der Waals surface area (Å²) in [5.74, 6) is -0.153. The molecule has 1 aromatic rings. The fraction of sp³-hybridized carbons (Fsp3) is 0.562. The summed E-state index contributed by atoms with van der Waals surface area (Å²) in [4.78, 5) is 14.1. The summed E-state index contributed by atoms with van der Waals surface area (Å²) in [7, 11) is -2.18. The molecular formula is C16H25N3O3S. The number of hydrogen-bond donors (Lipinski definition) is 1. The Morgan fingerprint density at radius 2 is 1.83 bits per heavy atom. The molecule has 2 rings (SSSR count). The number of nitrogens with one attached hydrogen (secondary N) is 1. The molecule has 1 aromatic carbocycles. The van der Waals surface area contributed by atoms with Gasteiger partial charge in [0, 0.05) is 33.2 Å². The molecular weight excluding hydrogens is 314 g/mol. The molecule has 0 bridgehead atoms. The van der Waals surface area contributed by atoms with E-state index in [-0.39, 0.29) is 17.3 Å². The molecule has 7 heteroatoms. The number of hydrogen-bond acceptors (Lipinski definition) is 4. The monoisotopic (exact) mass is 339 g/mol. The summed E-state index contributed by atoms with van der Waals surface area (Å²) in [6.07, 6.45) is 1.95. The smallest absolute Gasteiger partial charge is 0.243 e. The molecule has 0 unspecified atom stereocenters. The zero-order valence-corrected chi connectivity index (χ0v) is 14.6. The van der Waals surface area contributed by atoms with E-state index >= 15 is 0 Å². The molecule has 0 radical (unpaired) electrons. The van der Waals surface area contributed by atoms with Crippen molar-refractivity contribution >= 4 is 15.9 Å². The zero-order chi connectivity index (χ0) is 16.9. The van der Waals surface area contributed by atoms with Crippen molar-refractivity contribution in [2.75, 3.05) is 39.8 Å². The minimum atomic E-state index is -3.63. The first-order chi connectivity index (χ1) is 10.9. The second kappa shape index (κ2) is 7.90. The van der Waals surface area contributed by atoms with Crippen LogP contribution < -0.4 is 5.32 Å². The van der Waals surface area contributed by atoms with Crippen LogP contribution in [0.25, 0.3) is 0 Å². The van der Waals surface area contributed by atoms with Gasteiger partial charge < -0.3 is 10.2 Å². The molecule has 6 nitrogen and oxygen atoms in total. The number of piperazine rings is 1. The largest absolute Gasteiger partial charge is 0.339 e. The van der Waals surface area contributed by atoms with Crippen LogP contribution in [0.1, 0.15) is 18.9 Å². The number of aryl methyl sites for hydroxylation is 1. The van der Waals surface area contributed by atoms with Gasteiger partial charge in [0.25, 0.3) is 0 Å². The van der Waals surface area contributed by atoms with Crippen LogP contribution in [0, 0.1) is 0 Å². The normalized spacial score (nSPS) is 15.9. The van der Waals surface area contributed by atoms with E-state index in [1.807, 2.05) is 12.1 Å². The molecule has 1 heterocycles. The number of carbonyl (C=O) groups is 1. The predicted octanol–water partition coefficient (Wildman–Crippen LogP) is 0.691. The Morgan fingerprint density at radius 1 is 1.22 bits per heavy atom. The van der Waals surface area contributed by atoms with E-state index in [4.69, 9.17) is 0 Å². The van der Waals surface area contributed by atoms with Crippen molar-refractivity contribution in [3.8, 4) is 0 Å². The number of carbonyl (C=O) groups excluding carboxylic acids is 1. The highest BCUT2D eigenvalue weighted by Crippen LogP contribution is 2.16. The third-order valence-corrected chi connectivity index (χ3v) is 5.82. The minimum Gasteiger partial charge on any atom is -0.339 e. The molecule has 1 N–H and O–H groups in total. The molecule has 1 aliphatic rings. The highest BCUT2D eigenvalue weighted by atomic mass is 32.2. The number of likely N-dealkylation sites (N-methyl/N-ethyl adjacent to an activating group) is 1. The van der Waals surface area contributed by atoms with Crippen molar-refractivity contribution in [2.24, 2.45) is 0 Å². The molecule has 0 spiro atoms. The van der Waals surface area contributed by atoms with Crippen molar-refractivity contribution in [3.63, 3.8) is 0 Å². The number of nitrogens with zero attached hydrogens (tertiary/aromatic N) is 2. The lowest BCUT2D eigenvalue weighted by Gasteiger charge is -2.29. The average molecular weight is 339 g/mol. The number of sulfonamides is 1. The molecule has 0 saturated carbocycles. The lowest BCUT2D eigenvalue weighted by atomic mass is 10.1. The van der Waals surface area contributed by atoms with E-state index in [1.165, 1.54) is 7.05 Å². The van der Waals surface area contributed by atoms with Gasteiger partial charge in [-0.2, -0.15) is 4.31 Å². The molecule has 1 amide bonds. The van der Waals surface area contributed by atoms with E-state index in [0.29, 0.717) is 13.1 Å². The van der Waals surface area contributed by atoms with Crippen LogP contribution in [0.2, 0.25) is 0 Å². The van der Waals surface area contributed by atoms with Gasteiger partial charge in [0.2, 0.25) is 15.9 Å². The Labute approximate surface area is 138 Å². The van der Waals surface area contributed by atoms with Gasteiger partial charge in [-0.3, -0.25) is 4.79 Å². The minimum absolute atomic E-state index is 0.126. The van der Waals surface area contributed by atoms with Crippen LogP contribution >= 0.6 is 0 Å². The SMILES string of the molecule is CCCc1ccc(S(=O)(=O)N(C)CC(=O)N2CCNCC2)cc1. The topological polar surface area (TPSA) is 69.7 Å². The van der Waals surface area contributed by atoms with Crippen LogP contribution in [0.3, 0.4) is 0 Å². The Kier molecular flexibility index (Phi) is 6.15. The van der Waals surface area contributed by atoms with Crippen LogP contribution in [0.15, 0.2) is 29.2 Å². The average Bonchev–Trinajstić information content (AvgIpc) is 2.56. The first-order valence-electron chi connectivity index (χ1n) is 7.99. The molecule has 0 atom stereocenters. The first kappa shape index (κ1) is 17.9. The number of benzene rings is 1. The summed E-state index contributed by atoms with van der Waals surface area (Å²) in [6, 6.07) is 6.91. The van der Waals surface area contributed by atoms with Crippen LogP contribution in [-0.4, -0.2) is 63.3 Å². The maximum atomic E-state index is 12.6. The molecule has 0 aromatic heterocycles. The first-order valence-corrected chi connectivity index (χ1v) is 9.43. The van der Waals surface area contributed by atoms with Gasteiger partial charge in [-0.1, -0.05) is 25.5 Å². The molecule has 128 valence electrons. The molecule has 1 saturated heterocycles. The van der Waals surface area contributed by atoms with Gasteiger partial charge in [0.05, 0.1) is 11.4 Å². The lowest BCUT2D eigenvalue weighted by molar-refractivity contribution is -0.131. The van der Waals surface area contributed by atoms with Crippen molar-refractivity contribution in [3.05, 3.63) is 29.8 Å². The standard InChI is InChI=1S/C16H25N3O3S/c1-3-4-14-5-7-15(8-6-14)23(21,22)18(2)13-16(20)19-11-9-17-10-12-19/h5-8,17H,3-4,9-13H2,1-2H3. The second-order valence-corrected chi connectivity index (χ2v) is 7.83. The van der Waals surface area contributed by atoms with E-state index in [9.17, 15) is 13.2 Å². The summed E-state index contributed by atoms with van der Waals surface area (Å²) < 4.78 is 26.3. The van der Waals surface area contributed by atoms with Gasteiger partial charge in [-0.05, 0) is 24.1 Å². The van der Waals surface area contributed by atoms with Crippen LogP contribution in [0.4, 0.5) is 0 Å². The Balaban J connectivity index is 2.04. The van der Waals surface area contributed by atoms with E-state index < -0.39 is 10.0 Å². The van der Waals surface area contributed by atoms with Gasteiger partial charge in [-0.25, -0.2) is 8.42 Å². The molecule has 0 aliphatic carbocycles. The van der Waals surface area contributed by atoms with E-state index in [1.54, 1.807) is 17.0 Å². The summed E-state index contributed by atoms with van der Waals surface area (Å²) >= 11 is 0. The zero-order valence-electron chi connectivity index (χ0n) is 13.8. The third kappa shape index (κ3) is 4.53. The Morgan fingerprint density at radius 3 is 2.39 bits per heavy atom. The van der Waals surface area contributed by atoms with Crippen molar-refractivity contribution in [2.45, 2.75) is 24.7 Å². The number of amides is 1. The maximum Gasteiger partial charge on any atom is 0.243 e. The predicted molar refractivity (Wildman–Crippen MR) is 89.7 cm³/mol. The van der Waals surface area contributed by atoms with Crippen LogP contribution in [0.5, 0.6) is 0 Å². The van der Waals surface area contributed by atoms with E-state index in [2.05, 4.69) is 12.2 Å². The van der Waals surface area contributed by atoms with Crippen molar-refractivity contribution in [1.29, 1.82) is 0 Å². The maximum absolute atomic E-state index is 12.6. The Hall–Kier alpha value is -1.44. The van der Waals surface area contributed by atoms with Crippen molar-refractivity contribution < 1.29 is 13.2 Å². The van der Waals surface area contributed by atoms with Gasteiger partial charge >= 0.3 is 0 Å². The molecule has 23 heavy (non-hydrogen) atoms. The quantitative estimate of drug-likeness (QED) is 0.828. The lowest BCUT2D eigenvalue weighted by Crippen LogP contribution is -2.49. The van der Waals surface area contributed by atoms with E-state index in [0.717, 1.165) is 35.8 Å². The summed E-state index contributed by atoms with van der Waals surface area (Å²) in [6.45, 7) is 4.71. The van der Waals surface area contributed by atoms with Gasteiger partial charge in [0.1, 0.15) is 0 Å². The fourth-order valence-corrected chi connectivity index (χ4v) is 3.71. The highest BCUT2D eigenvalue weighted by molar-refractivity contribution is 7.89. The highest BCUT2D eigenvalue weighted by Gasteiger charge is 2.25. The van der Waals surface area contributed by atoms with Crippen molar-refractivity contribution in [1.82, 2.24) is 14.5 Å². The summed E-state index contributed by atoms with van der Waals surface area (Å²) in [5.41, 5.74) is 1.12. The second-order valence-electron chi connectivity index (χ2n) is 5.79.